The van der Waals surface area contributed by atoms with Gasteiger partial charge in [-0.15, -0.1) is 0 Å². The number of aliphatic carboxylic acids is 1. The quantitative estimate of drug-likeness (QED) is 0.402. The maximum Gasteiger partial charge on any atom is 0.347 e. The Morgan fingerprint density at radius 1 is 0.903 bits per heavy atom. The van der Waals surface area contributed by atoms with Gasteiger partial charge in [0.15, 0.2) is 0 Å². The summed E-state index contributed by atoms with van der Waals surface area (Å²) in [6.07, 6.45) is 5.31. The van der Waals surface area contributed by atoms with Crippen LogP contribution in [0.1, 0.15) is 25.8 Å². The SMILES string of the molecule is CC[C@@](C)(Oc1ccc(OCC=CCc2cccc(-c3ccccc3)c2)cc1)C(=O)O. The van der Waals surface area contributed by atoms with Gasteiger partial charge in [0.05, 0.1) is 0 Å². The molecule has 31 heavy (non-hydrogen) atoms. The summed E-state index contributed by atoms with van der Waals surface area (Å²) >= 11 is 0. The normalized spacial score (nSPS) is 13.0. The van der Waals surface area contributed by atoms with Gasteiger partial charge in [0.2, 0.25) is 5.60 Å². The summed E-state index contributed by atoms with van der Waals surface area (Å²) in [5.41, 5.74) is 2.44. The largest absolute Gasteiger partial charge is 0.490 e. The van der Waals surface area contributed by atoms with E-state index in [4.69, 9.17) is 9.47 Å². The second-order valence-corrected chi connectivity index (χ2v) is 7.52. The van der Waals surface area contributed by atoms with Crippen LogP contribution in [0, 0.1) is 0 Å². The summed E-state index contributed by atoms with van der Waals surface area (Å²) < 4.78 is 11.4. The zero-order chi connectivity index (χ0) is 22.1. The fraction of sp³-hybridized carbons (Fsp3) is 0.222. The fourth-order valence-corrected chi connectivity index (χ4v) is 3.07. The van der Waals surface area contributed by atoms with Crippen molar-refractivity contribution in [1.82, 2.24) is 0 Å². The molecule has 1 atom stereocenters. The van der Waals surface area contributed by atoms with E-state index in [1.165, 1.54) is 16.7 Å². The summed E-state index contributed by atoms with van der Waals surface area (Å²) in [7, 11) is 0. The minimum Gasteiger partial charge on any atom is -0.490 e. The van der Waals surface area contributed by atoms with Crippen LogP contribution in [0.5, 0.6) is 11.5 Å². The van der Waals surface area contributed by atoms with Crippen LogP contribution in [0.15, 0.2) is 91.0 Å². The Hall–Kier alpha value is -3.53. The summed E-state index contributed by atoms with van der Waals surface area (Å²) in [5, 5.41) is 9.31. The summed E-state index contributed by atoms with van der Waals surface area (Å²) in [6, 6.07) is 25.9. The van der Waals surface area contributed by atoms with E-state index in [2.05, 4.69) is 42.5 Å². The molecule has 3 aromatic rings. The smallest absolute Gasteiger partial charge is 0.347 e. The van der Waals surface area contributed by atoms with E-state index < -0.39 is 11.6 Å². The molecular weight excluding hydrogens is 388 g/mol. The van der Waals surface area contributed by atoms with Crippen LogP contribution < -0.4 is 9.47 Å². The Bertz CT molecular complexity index is 1010. The molecule has 0 saturated heterocycles. The molecule has 0 aliphatic carbocycles. The average Bonchev–Trinajstić information content (AvgIpc) is 2.80. The Morgan fingerprint density at radius 2 is 1.58 bits per heavy atom. The van der Waals surface area contributed by atoms with Crippen LogP contribution in [-0.2, 0) is 11.2 Å². The van der Waals surface area contributed by atoms with E-state index in [1.807, 2.05) is 24.3 Å². The number of hydrogen-bond acceptors (Lipinski definition) is 3. The molecule has 160 valence electrons. The van der Waals surface area contributed by atoms with E-state index in [1.54, 1.807) is 38.1 Å². The molecule has 0 amide bonds. The number of carbonyl (C=O) groups is 1. The predicted octanol–water partition coefficient (Wildman–Crippen LogP) is 6.16. The summed E-state index contributed by atoms with van der Waals surface area (Å²) in [4.78, 5) is 11.4. The van der Waals surface area contributed by atoms with Crippen molar-refractivity contribution in [3.8, 4) is 22.6 Å². The molecule has 3 rings (SSSR count). The highest BCUT2D eigenvalue weighted by molar-refractivity contribution is 5.77. The van der Waals surface area contributed by atoms with Crippen molar-refractivity contribution in [3.05, 3.63) is 96.6 Å². The maximum atomic E-state index is 11.4. The van der Waals surface area contributed by atoms with Crippen molar-refractivity contribution in [2.75, 3.05) is 6.61 Å². The monoisotopic (exact) mass is 416 g/mol. The van der Waals surface area contributed by atoms with Crippen LogP contribution in [0.2, 0.25) is 0 Å². The average molecular weight is 417 g/mol. The molecule has 0 aliphatic heterocycles. The van der Waals surface area contributed by atoms with Crippen molar-refractivity contribution in [1.29, 1.82) is 0 Å². The van der Waals surface area contributed by atoms with Gasteiger partial charge in [-0.25, -0.2) is 4.79 Å². The molecule has 0 spiro atoms. The Kier molecular flexibility index (Phi) is 7.50. The zero-order valence-electron chi connectivity index (χ0n) is 18.0. The second kappa shape index (κ2) is 10.5. The third-order valence-electron chi connectivity index (χ3n) is 5.19. The number of allylic oxidation sites excluding steroid dienone is 1. The van der Waals surface area contributed by atoms with E-state index >= 15 is 0 Å². The Balaban J connectivity index is 1.49. The number of carboxylic acids is 1. The minimum atomic E-state index is -1.23. The lowest BCUT2D eigenvalue weighted by Crippen LogP contribution is -2.40. The molecule has 1 N–H and O–H groups in total. The lowest BCUT2D eigenvalue weighted by atomic mass is 10.0. The fourth-order valence-electron chi connectivity index (χ4n) is 3.07. The number of ether oxygens (including phenoxy) is 2. The first kappa shape index (κ1) is 22.2. The third-order valence-corrected chi connectivity index (χ3v) is 5.19. The lowest BCUT2D eigenvalue weighted by molar-refractivity contribution is -0.154. The highest BCUT2D eigenvalue weighted by Crippen LogP contribution is 2.24. The van der Waals surface area contributed by atoms with Gasteiger partial charge in [0.25, 0.3) is 0 Å². The van der Waals surface area contributed by atoms with E-state index in [0.717, 1.165) is 6.42 Å². The molecule has 0 bridgehead atoms. The van der Waals surface area contributed by atoms with Crippen molar-refractivity contribution < 1.29 is 19.4 Å². The van der Waals surface area contributed by atoms with Crippen LogP contribution in [0.3, 0.4) is 0 Å². The van der Waals surface area contributed by atoms with Gasteiger partial charge in [-0.3, -0.25) is 0 Å². The Morgan fingerprint density at radius 3 is 2.26 bits per heavy atom. The molecule has 4 nitrogen and oxygen atoms in total. The minimum absolute atomic E-state index is 0.375. The predicted molar refractivity (Wildman–Crippen MR) is 124 cm³/mol. The number of benzene rings is 3. The highest BCUT2D eigenvalue weighted by Gasteiger charge is 2.33. The molecule has 0 saturated carbocycles. The molecular formula is C27H28O4. The molecule has 0 aromatic heterocycles. The van der Waals surface area contributed by atoms with Crippen LogP contribution >= 0.6 is 0 Å². The van der Waals surface area contributed by atoms with Gasteiger partial charge in [0, 0.05) is 0 Å². The van der Waals surface area contributed by atoms with Crippen molar-refractivity contribution in [3.63, 3.8) is 0 Å². The molecule has 0 radical (unpaired) electrons. The van der Waals surface area contributed by atoms with E-state index in [-0.39, 0.29) is 0 Å². The van der Waals surface area contributed by atoms with Gasteiger partial charge >= 0.3 is 5.97 Å². The number of carboxylic acid groups (broad SMARTS) is 1. The molecule has 3 aromatic carbocycles. The van der Waals surface area contributed by atoms with Crippen molar-refractivity contribution in [2.45, 2.75) is 32.3 Å². The van der Waals surface area contributed by atoms with Gasteiger partial charge in [-0.1, -0.05) is 73.7 Å². The van der Waals surface area contributed by atoms with Crippen LogP contribution in [0.4, 0.5) is 0 Å². The topological polar surface area (TPSA) is 55.8 Å². The maximum absolute atomic E-state index is 11.4. The van der Waals surface area contributed by atoms with Gasteiger partial charge in [0.1, 0.15) is 18.1 Å². The third kappa shape index (κ3) is 6.22. The summed E-state index contributed by atoms with van der Waals surface area (Å²) in [6.45, 7) is 3.82. The van der Waals surface area contributed by atoms with Crippen LogP contribution in [-0.4, -0.2) is 23.3 Å². The summed E-state index contributed by atoms with van der Waals surface area (Å²) in [5.74, 6) is 0.235. The van der Waals surface area contributed by atoms with Crippen molar-refractivity contribution in [2.24, 2.45) is 0 Å². The number of rotatable bonds is 10. The molecule has 0 heterocycles. The first-order valence-electron chi connectivity index (χ1n) is 10.4. The van der Waals surface area contributed by atoms with Gasteiger partial charge in [-0.2, -0.15) is 0 Å². The first-order valence-corrected chi connectivity index (χ1v) is 10.4. The van der Waals surface area contributed by atoms with Crippen LogP contribution in [0.25, 0.3) is 11.1 Å². The number of hydrogen-bond donors (Lipinski definition) is 1. The molecule has 0 unspecified atom stereocenters. The highest BCUT2D eigenvalue weighted by atomic mass is 16.5. The van der Waals surface area contributed by atoms with Gasteiger partial charge < -0.3 is 14.6 Å². The molecule has 4 heteroatoms. The molecule has 0 aliphatic rings. The second-order valence-electron chi connectivity index (χ2n) is 7.52. The standard InChI is InChI=1S/C27H28O4/c1-3-27(2,26(28)29)31-25-17-15-24(16-18-25)30-19-8-7-10-21-11-9-14-23(20-21)22-12-5-4-6-13-22/h4-9,11-18,20H,3,10,19H2,1-2H3,(H,28,29)/t27-/m1/s1. The first-order chi connectivity index (χ1) is 15.0. The zero-order valence-corrected chi connectivity index (χ0v) is 18.0. The van der Waals surface area contributed by atoms with E-state index in [0.29, 0.717) is 24.5 Å². The molecule has 0 fully saturated rings. The Labute approximate surface area is 183 Å². The van der Waals surface area contributed by atoms with Crippen molar-refractivity contribution >= 4 is 5.97 Å². The van der Waals surface area contributed by atoms with Gasteiger partial charge in [-0.05, 0) is 60.7 Å². The lowest BCUT2D eigenvalue weighted by Gasteiger charge is -2.24. The van der Waals surface area contributed by atoms with E-state index in [9.17, 15) is 9.90 Å².